The molecule has 23 heavy (non-hydrogen) atoms. The van der Waals surface area contributed by atoms with E-state index in [0.717, 1.165) is 30.8 Å². The topological polar surface area (TPSA) is 58.9 Å². The summed E-state index contributed by atoms with van der Waals surface area (Å²) in [4.78, 5) is 19.3. The van der Waals surface area contributed by atoms with Crippen LogP contribution in [0.25, 0.3) is 5.65 Å². The van der Waals surface area contributed by atoms with Gasteiger partial charge in [0.1, 0.15) is 11.3 Å². The molecule has 0 spiro atoms. The summed E-state index contributed by atoms with van der Waals surface area (Å²) >= 11 is 0. The number of hydrogen-bond acceptors (Lipinski definition) is 4. The number of fused-ring (bicyclic) bond motifs is 1. The Bertz CT molecular complexity index is 697. The number of likely N-dealkylation sites (N-methyl/N-ethyl adjacent to an activating group) is 1. The van der Waals surface area contributed by atoms with Crippen molar-refractivity contribution >= 4 is 11.6 Å². The first-order chi connectivity index (χ1) is 11.1. The van der Waals surface area contributed by atoms with Crippen LogP contribution in [0.15, 0.2) is 24.5 Å². The number of nitrogens with one attached hydrogen (secondary N) is 1. The molecule has 2 aromatic rings. The molecule has 0 aromatic carbocycles. The fourth-order valence-electron chi connectivity index (χ4n) is 3.14. The van der Waals surface area contributed by atoms with Gasteiger partial charge in [-0.25, -0.2) is 4.98 Å². The summed E-state index contributed by atoms with van der Waals surface area (Å²) in [6, 6.07) is 3.95. The van der Waals surface area contributed by atoms with Crippen LogP contribution in [0, 0.1) is 6.92 Å². The summed E-state index contributed by atoms with van der Waals surface area (Å²) < 4.78 is 7.67. The lowest BCUT2D eigenvalue weighted by atomic mass is 10.2. The van der Waals surface area contributed by atoms with E-state index in [0.29, 0.717) is 12.3 Å². The molecule has 6 nitrogen and oxygen atoms in total. The zero-order valence-corrected chi connectivity index (χ0v) is 14.0. The number of pyridine rings is 1. The number of carbonyl (C=O) groups is 1. The van der Waals surface area contributed by atoms with Gasteiger partial charge in [-0.2, -0.15) is 0 Å². The first-order valence-corrected chi connectivity index (χ1v) is 8.21. The molecule has 0 bridgehead atoms. The minimum absolute atomic E-state index is 0.00769. The van der Waals surface area contributed by atoms with Crippen LogP contribution in [-0.2, 0) is 4.74 Å². The van der Waals surface area contributed by atoms with Gasteiger partial charge < -0.3 is 14.5 Å². The summed E-state index contributed by atoms with van der Waals surface area (Å²) in [6.45, 7) is 9.40. The standard InChI is InChI=1S/C17H24N4O2/c1-4-20-9-13(15(11-20)23-5-2)19-17(22)14-10-21-8-6-7-12(3)16(21)18-14/h6-8,10,13,15H,4-5,9,11H2,1-3H3,(H,19,22). The second-order valence-electron chi connectivity index (χ2n) is 5.97. The molecule has 0 radical (unpaired) electrons. The molecule has 6 heteroatoms. The van der Waals surface area contributed by atoms with E-state index in [2.05, 4.69) is 22.1 Å². The average Bonchev–Trinajstić information content (AvgIpc) is 3.13. The van der Waals surface area contributed by atoms with Crippen LogP contribution in [-0.4, -0.2) is 58.6 Å². The predicted molar refractivity (Wildman–Crippen MR) is 88.7 cm³/mol. The first-order valence-electron chi connectivity index (χ1n) is 8.21. The lowest BCUT2D eigenvalue weighted by Gasteiger charge is -2.19. The summed E-state index contributed by atoms with van der Waals surface area (Å²) in [5, 5.41) is 3.09. The quantitative estimate of drug-likeness (QED) is 0.908. The molecule has 0 aliphatic carbocycles. The molecule has 0 saturated carbocycles. The second-order valence-corrected chi connectivity index (χ2v) is 5.97. The van der Waals surface area contributed by atoms with Crippen LogP contribution in [0.1, 0.15) is 29.9 Å². The molecule has 3 heterocycles. The molecule has 1 N–H and O–H groups in total. The Morgan fingerprint density at radius 2 is 2.26 bits per heavy atom. The van der Waals surface area contributed by atoms with E-state index >= 15 is 0 Å². The van der Waals surface area contributed by atoms with Gasteiger partial charge in [0, 0.05) is 32.1 Å². The largest absolute Gasteiger partial charge is 0.375 e. The highest BCUT2D eigenvalue weighted by atomic mass is 16.5. The van der Waals surface area contributed by atoms with E-state index < -0.39 is 0 Å². The molecule has 1 saturated heterocycles. The Morgan fingerprint density at radius 3 is 2.96 bits per heavy atom. The molecule has 124 valence electrons. The predicted octanol–water partition coefficient (Wildman–Crippen LogP) is 1.48. The molecule has 1 amide bonds. The number of likely N-dealkylation sites (tertiary alicyclic amines) is 1. The van der Waals surface area contributed by atoms with Gasteiger partial charge in [-0.15, -0.1) is 0 Å². The van der Waals surface area contributed by atoms with Crippen molar-refractivity contribution in [1.82, 2.24) is 19.6 Å². The Kier molecular flexibility index (Phi) is 4.63. The number of ether oxygens (including phenoxy) is 1. The number of imidazole rings is 1. The van der Waals surface area contributed by atoms with Gasteiger partial charge in [-0.1, -0.05) is 13.0 Å². The zero-order chi connectivity index (χ0) is 16.4. The van der Waals surface area contributed by atoms with E-state index in [1.165, 1.54) is 0 Å². The highest BCUT2D eigenvalue weighted by Crippen LogP contribution is 2.15. The number of nitrogens with zero attached hydrogens (tertiary/aromatic N) is 3. The zero-order valence-electron chi connectivity index (χ0n) is 14.0. The smallest absolute Gasteiger partial charge is 0.271 e. The third kappa shape index (κ3) is 3.23. The van der Waals surface area contributed by atoms with Crippen molar-refractivity contribution in [3.05, 3.63) is 35.8 Å². The molecule has 2 aromatic heterocycles. The maximum absolute atomic E-state index is 12.6. The molecule has 1 aliphatic heterocycles. The number of rotatable bonds is 5. The van der Waals surface area contributed by atoms with Crippen LogP contribution in [0.4, 0.5) is 0 Å². The number of amides is 1. The van der Waals surface area contributed by atoms with Gasteiger partial charge in [0.05, 0.1) is 12.1 Å². The monoisotopic (exact) mass is 316 g/mol. The van der Waals surface area contributed by atoms with Crippen LogP contribution >= 0.6 is 0 Å². The second kappa shape index (κ2) is 6.68. The van der Waals surface area contributed by atoms with Crippen molar-refractivity contribution in [2.45, 2.75) is 32.9 Å². The SMILES string of the molecule is CCOC1CN(CC)CC1NC(=O)c1cn2cccc(C)c2n1. The minimum atomic E-state index is -0.138. The van der Waals surface area contributed by atoms with Gasteiger partial charge >= 0.3 is 0 Å². The van der Waals surface area contributed by atoms with Gasteiger partial charge in [-0.3, -0.25) is 9.69 Å². The van der Waals surface area contributed by atoms with E-state index in [-0.39, 0.29) is 18.1 Å². The fourth-order valence-corrected chi connectivity index (χ4v) is 3.14. The van der Waals surface area contributed by atoms with Crippen molar-refractivity contribution in [2.75, 3.05) is 26.2 Å². The van der Waals surface area contributed by atoms with Crippen molar-refractivity contribution in [3.63, 3.8) is 0 Å². The normalized spacial score (nSPS) is 21.9. The molecular weight excluding hydrogens is 292 g/mol. The van der Waals surface area contributed by atoms with Crippen LogP contribution in [0.3, 0.4) is 0 Å². The summed E-state index contributed by atoms with van der Waals surface area (Å²) in [6.07, 6.45) is 3.73. The Hall–Kier alpha value is -1.92. The van der Waals surface area contributed by atoms with Gasteiger partial charge in [0.2, 0.25) is 0 Å². The van der Waals surface area contributed by atoms with E-state index in [9.17, 15) is 4.79 Å². The van der Waals surface area contributed by atoms with Crippen molar-refractivity contribution in [3.8, 4) is 0 Å². The molecule has 2 unspecified atom stereocenters. The fraction of sp³-hybridized carbons (Fsp3) is 0.529. The maximum atomic E-state index is 12.6. The molecule has 2 atom stereocenters. The first kappa shape index (κ1) is 16.0. The van der Waals surface area contributed by atoms with Crippen LogP contribution < -0.4 is 5.32 Å². The lowest BCUT2D eigenvalue weighted by molar-refractivity contribution is 0.0505. The number of aromatic nitrogens is 2. The Balaban J connectivity index is 1.75. The third-order valence-corrected chi connectivity index (χ3v) is 4.40. The highest BCUT2D eigenvalue weighted by Gasteiger charge is 2.34. The van der Waals surface area contributed by atoms with Gasteiger partial charge in [0.15, 0.2) is 0 Å². The van der Waals surface area contributed by atoms with Crippen LogP contribution in [0.2, 0.25) is 0 Å². The third-order valence-electron chi connectivity index (χ3n) is 4.40. The number of aryl methyl sites for hydroxylation is 1. The number of carbonyl (C=O) groups excluding carboxylic acids is 1. The van der Waals surface area contributed by atoms with Gasteiger partial charge in [0.25, 0.3) is 5.91 Å². The minimum Gasteiger partial charge on any atom is -0.375 e. The summed E-state index contributed by atoms with van der Waals surface area (Å²) in [7, 11) is 0. The molecule has 1 fully saturated rings. The highest BCUT2D eigenvalue weighted by molar-refractivity contribution is 5.93. The van der Waals surface area contributed by atoms with E-state index in [4.69, 9.17) is 4.74 Å². The average molecular weight is 316 g/mol. The molecule has 1 aliphatic rings. The van der Waals surface area contributed by atoms with Crippen LogP contribution in [0.5, 0.6) is 0 Å². The van der Waals surface area contributed by atoms with E-state index in [1.807, 2.05) is 36.6 Å². The number of hydrogen-bond donors (Lipinski definition) is 1. The van der Waals surface area contributed by atoms with Gasteiger partial charge in [-0.05, 0) is 32.0 Å². The lowest BCUT2D eigenvalue weighted by Crippen LogP contribution is -2.44. The van der Waals surface area contributed by atoms with Crippen molar-refractivity contribution in [1.29, 1.82) is 0 Å². The van der Waals surface area contributed by atoms with Crippen molar-refractivity contribution in [2.24, 2.45) is 0 Å². The summed E-state index contributed by atoms with van der Waals surface area (Å²) in [5.74, 6) is -0.138. The molecule has 3 rings (SSSR count). The Morgan fingerprint density at radius 1 is 1.43 bits per heavy atom. The maximum Gasteiger partial charge on any atom is 0.271 e. The Labute approximate surface area is 136 Å². The summed E-state index contributed by atoms with van der Waals surface area (Å²) in [5.41, 5.74) is 2.32. The van der Waals surface area contributed by atoms with Crippen molar-refractivity contribution < 1.29 is 9.53 Å². The molecular formula is C17H24N4O2. The van der Waals surface area contributed by atoms with E-state index in [1.54, 1.807) is 6.20 Å².